The number of likely N-dealkylation sites (N-methyl/N-ethyl adjacent to an activating group) is 1. The largest absolute Gasteiger partial charge is 0.336 e. The van der Waals surface area contributed by atoms with Gasteiger partial charge in [0, 0.05) is 22.7 Å². The van der Waals surface area contributed by atoms with E-state index in [9.17, 15) is 9.59 Å². The number of carbonyl (C=O) groups is 2. The summed E-state index contributed by atoms with van der Waals surface area (Å²) in [5, 5.41) is 3.95. The van der Waals surface area contributed by atoms with Crippen LogP contribution in [0.3, 0.4) is 0 Å². The molecular formula is C19H20Cl2N2O2S. The van der Waals surface area contributed by atoms with Gasteiger partial charge in [0.2, 0.25) is 11.8 Å². The zero-order chi connectivity index (χ0) is 19.3. The van der Waals surface area contributed by atoms with Crippen LogP contribution in [0.25, 0.3) is 0 Å². The topological polar surface area (TPSA) is 49.4 Å². The van der Waals surface area contributed by atoms with Crippen LogP contribution in [0.4, 0.5) is 5.69 Å². The van der Waals surface area contributed by atoms with Gasteiger partial charge in [0.25, 0.3) is 0 Å². The number of hydrogen-bond donors (Lipinski definition) is 1. The standard InChI is InChI=1S/C19H20Cl2N2O2S/c1-12-5-4-6-16(13(12)2)22-18(24)10-23(3)19(25)11-26-17-9-14(20)7-8-15(17)21/h4-9H,10-11H2,1-3H3,(H,22,24). The molecule has 138 valence electrons. The molecule has 0 aliphatic heterocycles. The quantitative estimate of drug-likeness (QED) is 0.695. The van der Waals surface area contributed by atoms with Gasteiger partial charge in [-0.25, -0.2) is 0 Å². The van der Waals surface area contributed by atoms with Crippen molar-refractivity contribution < 1.29 is 9.59 Å². The van der Waals surface area contributed by atoms with Crippen LogP contribution in [0.1, 0.15) is 11.1 Å². The van der Waals surface area contributed by atoms with Crippen molar-refractivity contribution in [3.63, 3.8) is 0 Å². The Morgan fingerprint density at radius 1 is 1.15 bits per heavy atom. The van der Waals surface area contributed by atoms with Crippen LogP contribution in [0.5, 0.6) is 0 Å². The average Bonchev–Trinajstić information content (AvgIpc) is 2.59. The third-order valence-electron chi connectivity index (χ3n) is 3.93. The Labute approximate surface area is 167 Å². The molecule has 0 aliphatic carbocycles. The minimum absolute atomic E-state index is 0.0178. The fourth-order valence-corrected chi connectivity index (χ4v) is 3.65. The highest BCUT2D eigenvalue weighted by Crippen LogP contribution is 2.29. The molecule has 7 heteroatoms. The van der Waals surface area contributed by atoms with Crippen molar-refractivity contribution in [1.82, 2.24) is 4.90 Å². The lowest BCUT2D eigenvalue weighted by atomic mass is 10.1. The van der Waals surface area contributed by atoms with Gasteiger partial charge in [-0.2, -0.15) is 0 Å². The Bertz CT molecular complexity index is 827. The maximum absolute atomic E-state index is 12.3. The first-order valence-corrected chi connectivity index (χ1v) is 9.70. The van der Waals surface area contributed by atoms with Crippen LogP contribution in [0, 0.1) is 13.8 Å². The van der Waals surface area contributed by atoms with Gasteiger partial charge in [-0.05, 0) is 49.2 Å². The lowest BCUT2D eigenvalue weighted by Gasteiger charge is -2.17. The molecule has 0 bridgehead atoms. The van der Waals surface area contributed by atoms with Crippen molar-refractivity contribution in [3.05, 3.63) is 57.6 Å². The second-order valence-electron chi connectivity index (χ2n) is 5.91. The van der Waals surface area contributed by atoms with Crippen molar-refractivity contribution in [2.24, 2.45) is 0 Å². The molecule has 0 unspecified atom stereocenters. The predicted molar refractivity (Wildman–Crippen MR) is 109 cm³/mol. The first-order chi connectivity index (χ1) is 12.3. The molecule has 2 aromatic rings. The Hall–Kier alpha value is -1.69. The van der Waals surface area contributed by atoms with Crippen LogP contribution in [-0.4, -0.2) is 36.1 Å². The number of halogens is 2. The Morgan fingerprint density at radius 2 is 1.88 bits per heavy atom. The summed E-state index contributed by atoms with van der Waals surface area (Å²) in [5.41, 5.74) is 2.87. The minimum atomic E-state index is -0.236. The maximum Gasteiger partial charge on any atom is 0.243 e. The van der Waals surface area contributed by atoms with Crippen molar-refractivity contribution in [3.8, 4) is 0 Å². The van der Waals surface area contributed by atoms with Gasteiger partial charge in [-0.15, -0.1) is 11.8 Å². The molecule has 1 N–H and O–H groups in total. The Morgan fingerprint density at radius 3 is 2.62 bits per heavy atom. The highest BCUT2D eigenvalue weighted by Gasteiger charge is 2.15. The maximum atomic E-state index is 12.3. The highest BCUT2D eigenvalue weighted by atomic mass is 35.5. The second-order valence-corrected chi connectivity index (χ2v) is 7.77. The number of amides is 2. The molecule has 2 amide bonds. The van der Waals surface area contributed by atoms with Crippen molar-refractivity contribution in [1.29, 1.82) is 0 Å². The Balaban J connectivity index is 1.89. The second kappa shape index (κ2) is 9.31. The monoisotopic (exact) mass is 410 g/mol. The molecule has 2 rings (SSSR count). The van der Waals surface area contributed by atoms with E-state index in [2.05, 4.69) is 5.32 Å². The minimum Gasteiger partial charge on any atom is -0.336 e. The fourth-order valence-electron chi connectivity index (χ4n) is 2.22. The van der Waals surface area contributed by atoms with Gasteiger partial charge in [-0.1, -0.05) is 35.3 Å². The molecule has 0 radical (unpaired) electrons. The van der Waals surface area contributed by atoms with Crippen LogP contribution < -0.4 is 5.32 Å². The van der Waals surface area contributed by atoms with E-state index < -0.39 is 0 Å². The van der Waals surface area contributed by atoms with Crippen LogP contribution in [0.15, 0.2) is 41.3 Å². The summed E-state index contributed by atoms with van der Waals surface area (Å²) < 4.78 is 0. The molecule has 4 nitrogen and oxygen atoms in total. The number of hydrogen-bond acceptors (Lipinski definition) is 3. The Kier molecular flexibility index (Phi) is 7.38. The smallest absolute Gasteiger partial charge is 0.243 e. The SMILES string of the molecule is Cc1cccc(NC(=O)CN(C)C(=O)CSc2cc(Cl)ccc2Cl)c1C. The molecule has 0 atom stereocenters. The zero-order valence-corrected chi connectivity index (χ0v) is 17.1. The van der Waals surface area contributed by atoms with Gasteiger partial charge in [0.1, 0.15) is 0 Å². The van der Waals surface area contributed by atoms with Crippen molar-refractivity contribution in [2.45, 2.75) is 18.7 Å². The number of nitrogens with one attached hydrogen (secondary N) is 1. The van der Waals surface area contributed by atoms with E-state index in [4.69, 9.17) is 23.2 Å². The number of benzene rings is 2. The van der Waals surface area contributed by atoms with Gasteiger partial charge >= 0.3 is 0 Å². The molecule has 0 saturated carbocycles. The third kappa shape index (κ3) is 5.66. The number of thioether (sulfide) groups is 1. The highest BCUT2D eigenvalue weighted by molar-refractivity contribution is 8.00. The molecule has 2 aromatic carbocycles. The number of rotatable bonds is 6. The number of aryl methyl sites for hydroxylation is 1. The van der Waals surface area contributed by atoms with Gasteiger partial charge in [0.05, 0.1) is 17.3 Å². The van der Waals surface area contributed by atoms with Gasteiger partial charge in [0.15, 0.2) is 0 Å². The summed E-state index contributed by atoms with van der Waals surface area (Å²) in [7, 11) is 1.60. The number of carbonyl (C=O) groups excluding carboxylic acids is 2. The average molecular weight is 411 g/mol. The van der Waals surface area contributed by atoms with Crippen LogP contribution in [-0.2, 0) is 9.59 Å². The third-order valence-corrected chi connectivity index (χ3v) is 5.65. The van der Waals surface area contributed by atoms with Crippen molar-refractivity contribution in [2.75, 3.05) is 24.7 Å². The summed E-state index contributed by atoms with van der Waals surface area (Å²) in [4.78, 5) is 26.6. The molecule has 0 heterocycles. The van der Waals surface area contributed by atoms with E-state index in [1.807, 2.05) is 32.0 Å². The molecule has 0 aliphatic rings. The van der Waals surface area contributed by atoms with Crippen LogP contribution in [0.2, 0.25) is 10.0 Å². The van der Waals surface area contributed by atoms with Crippen LogP contribution >= 0.6 is 35.0 Å². The number of nitrogens with zero attached hydrogens (tertiary/aromatic N) is 1. The summed E-state index contributed by atoms with van der Waals surface area (Å²) in [6.07, 6.45) is 0. The van der Waals surface area contributed by atoms with E-state index in [1.165, 1.54) is 16.7 Å². The summed E-state index contributed by atoms with van der Waals surface area (Å²) >= 11 is 13.3. The van der Waals surface area contributed by atoms with Gasteiger partial charge in [-0.3, -0.25) is 9.59 Å². The normalized spacial score (nSPS) is 10.5. The molecule has 0 aromatic heterocycles. The number of anilines is 1. The first kappa shape index (κ1) is 20.6. The summed E-state index contributed by atoms with van der Waals surface area (Å²) in [6.45, 7) is 3.92. The van der Waals surface area contributed by atoms with E-state index in [0.29, 0.717) is 10.0 Å². The van der Waals surface area contributed by atoms with E-state index >= 15 is 0 Å². The van der Waals surface area contributed by atoms with E-state index in [-0.39, 0.29) is 24.1 Å². The zero-order valence-electron chi connectivity index (χ0n) is 14.8. The van der Waals surface area contributed by atoms with Gasteiger partial charge < -0.3 is 10.2 Å². The molecule has 0 spiro atoms. The molecule has 0 saturated heterocycles. The summed E-state index contributed by atoms with van der Waals surface area (Å²) in [5.74, 6) is -0.227. The van der Waals surface area contributed by atoms with Crippen molar-refractivity contribution >= 4 is 52.5 Å². The first-order valence-electron chi connectivity index (χ1n) is 7.96. The fraction of sp³-hybridized carbons (Fsp3) is 0.263. The molecular weight excluding hydrogens is 391 g/mol. The lowest BCUT2D eigenvalue weighted by molar-refractivity contribution is -0.131. The van der Waals surface area contributed by atoms with E-state index in [1.54, 1.807) is 25.2 Å². The lowest BCUT2D eigenvalue weighted by Crippen LogP contribution is -2.36. The molecule has 0 fully saturated rings. The predicted octanol–water partition coefficient (Wildman–Crippen LogP) is 4.80. The molecule has 26 heavy (non-hydrogen) atoms. The summed E-state index contributed by atoms with van der Waals surface area (Å²) in [6, 6.07) is 10.8. The van der Waals surface area contributed by atoms with E-state index in [0.717, 1.165) is 21.7 Å².